The van der Waals surface area contributed by atoms with Crippen LogP contribution in [0.15, 0.2) is 18.2 Å². The molecule has 0 aliphatic carbocycles. The van der Waals surface area contributed by atoms with Gasteiger partial charge in [-0.25, -0.2) is 0 Å². The summed E-state index contributed by atoms with van der Waals surface area (Å²) in [7, 11) is 3.81. The molecule has 1 unspecified atom stereocenters. The number of benzene rings is 1. The average molecular weight is 395 g/mol. The summed E-state index contributed by atoms with van der Waals surface area (Å²) in [6.45, 7) is 10.6. The lowest BCUT2D eigenvalue weighted by Crippen LogP contribution is -2.35. The Morgan fingerprint density at radius 3 is 2.54 bits per heavy atom. The molecule has 1 aromatic carbocycles. The number of hydrogen-bond donors (Lipinski definition) is 1. The Hall–Kier alpha value is -1.34. The maximum absolute atomic E-state index is 10.3. The van der Waals surface area contributed by atoms with Crippen LogP contribution in [0.4, 0.5) is 0 Å². The molecule has 1 aliphatic rings. The van der Waals surface area contributed by atoms with Gasteiger partial charge < -0.3 is 29.1 Å². The van der Waals surface area contributed by atoms with Gasteiger partial charge in [0.1, 0.15) is 12.7 Å². The molecular formula is C22H38N2O4. The zero-order chi connectivity index (χ0) is 20.4. The van der Waals surface area contributed by atoms with E-state index in [0.29, 0.717) is 24.0 Å². The van der Waals surface area contributed by atoms with E-state index in [4.69, 9.17) is 14.2 Å². The molecule has 0 bridgehead atoms. The first-order valence-electron chi connectivity index (χ1n) is 10.5. The summed E-state index contributed by atoms with van der Waals surface area (Å²) in [4.78, 5) is 4.55. The van der Waals surface area contributed by atoms with E-state index in [-0.39, 0.29) is 6.61 Å². The summed E-state index contributed by atoms with van der Waals surface area (Å²) in [5.74, 6) is 2.10. The molecule has 6 nitrogen and oxygen atoms in total. The summed E-state index contributed by atoms with van der Waals surface area (Å²) in [5.41, 5.74) is 1.18. The van der Waals surface area contributed by atoms with Gasteiger partial charge in [0.15, 0.2) is 11.5 Å². The maximum Gasteiger partial charge on any atom is 0.161 e. The molecule has 1 saturated heterocycles. The number of ether oxygens (including phenoxy) is 3. The molecule has 160 valence electrons. The first kappa shape index (κ1) is 22.9. The summed E-state index contributed by atoms with van der Waals surface area (Å²) in [6, 6.07) is 6.06. The van der Waals surface area contributed by atoms with Gasteiger partial charge in [-0.1, -0.05) is 19.9 Å². The molecule has 2 rings (SSSR count). The second-order valence-corrected chi connectivity index (χ2v) is 7.69. The fourth-order valence-electron chi connectivity index (χ4n) is 3.70. The molecule has 0 spiro atoms. The SMILES string of the molecule is CCN(CC)CC(O)COc1cc(CN(C)CC2CCOCC2)ccc1OC. The van der Waals surface area contributed by atoms with E-state index >= 15 is 0 Å². The van der Waals surface area contributed by atoms with Crippen molar-refractivity contribution >= 4 is 0 Å². The Bertz CT molecular complexity index is 559. The van der Waals surface area contributed by atoms with Crippen molar-refractivity contribution in [3.05, 3.63) is 23.8 Å². The number of aliphatic hydroxyl groups excluding tert-OH is 1. The van der Waals surface area contributed by atoms with Crippen molar-refractivity contribution in [3.63, 3.8) is 0 Å². The highest BCUT2D eigenvalue weighted by molar-refractivity contribution is 5.43. The monoisotopic (exact) mass is 394 g/mol. The third kappa shape index (κ3) is 7.59. The number of likely N-dealkylation sites (N-methyl/N-ethyl adjacent to an activating group) is 1. The van der Waals surface area contributed by atoms with E-state index in [2.05, 4.69) is 36.8 Å². The van der Waals surface area contributed by atoms with Crippen molar-refractivity contribution in [1.29, 1.82) is 0 Å². The van der Waals surface area contributed by atoms with Crippen molar-refractivity contribution in [2.24, 2.45) is 5.92 Å². The number of aliphatic hydroxyl groups is 1. The molecule has 0 radical (unpaired) electrons. The van der Waals surface area contributed by atoms with Crippen LogP contribution in [0.5, 0.6) is 11.5 Å². The Morgan fingerprint density at radius 1 is 1.18 bits per heavy atom. The van der Waals surface area contributed by atoms with Gasteiger partial charge in [-0.2, -0.15) is 0 Å². The number of methoxy groups -OCH3 is 1. The van der Waals surface area contributed by atoms with Crippen LogP contribution in [0.2, 0.25) is 0 Å². The summed E-state index contributed by atoms with van der Waals surface area (Å²) >= 11 is 0. The van der Waals surface area contributed by atoms with Gasteiger partial charge in [-0.05, 0) is 56.6 Å². The molecule has 1 fully saturated rings. The van der Waals surface area contributed by atoms with Crippen molar-refractivity contribution in [3.8, 4) is 11.5 Å². The fraction of sp³-hybridized carbons (Fsp3) is 0.727. The lowest BCUT2D eigenvalue weighted by molar-refractivity contribution is 0.0549. The highest BCUT2D eigenvalue weighted by Gasteiger charge is 2.17. The van der Waals surface area contributed by atoms with Crippen LogP contribution >= 0.6 is 0 Å². The molecular weight excluding hydrogens is 356 g/mol. The largest absolute Gasteiger partial charge is 0.493 e. The molecule has 1 aromatic rings. The summed E-state index contributed by atoms with van der Waals surface area (Å²) < 4.78 is 16.8. The summed E-state index contributed by atoms with van der Waals surface area (Å²) in [6.07, 6.45) is 1.77. The topological polar surface area (TPSA) is 54.4 Å². The van der Waals surface area contributed by atoms with E-state index in [9.17, 15) is 5.11 Å². The van der Waals surface area contributed by atoms with Gasteiger partial charge >= 0.3 is 0 Å². The first-order valence-corrected chi connectivity index (χ1v) is 10.5. The van der Waals surface area contributed by atoms with Crippen molar-refractivity contribution in [1.82, 2.24) is 9.80 Å². The molecule has 0 amide bonds. The van der Waals surface area contributed by atoms with Crippen LogP contribution in [-0.4, -0.2) is 81.2 Å². The normalized spacial score (nSPS) is 16.5. The molecule has 6 heteroatoms. The van der Waals surface area contributed by atoms with Crippen LogP contribution in [0.1, 0.15) is 32.3 Å². The van der Waals surface area contributed by atoms with E-state index in [0.717, 1.165) is 52.2 Å². The Balaban J connectivity index is 1.90. The van der Waals surface area contributed by atoms with Gasteiger partial charge in [0.2, 0.25) is 0 Å². The predicted octanol–water partition coefficient (Wildman–Crippen LogP) is 2.64. The highest BCUT2D eigenvalue weighted by Crippen LogP contribution is 2.29. The number of nitrogens with zero attached hydrogens (tertiary/aromatic N) is 2. The quantitative estimate of drug-likeness (QED) is 0.588. The molecule has 1 heterocycles. The minimum absolute atomic E-state index is 0.258. The average Bonchev–Trinajstić information content (AvgIpc) is 2.71. The standard InChI is InChI=1S/C22H38N2O4/c1-5-24(6-2)16-20(25)17-28-22-13-19(7-8-21(22)26-4)15-23(3)14-18-9-11-27-12-10-18/h7-8,13,18,20,25H,5-6,9-12,14-17H2,1-4H3. The van der Waals surface area contributed by atoms with Crippen molar-refractivity contribution < 1.29 is 19.3 Å². The highest BCUT2D eigenvalue weighted by atomic mass is 16.5. The minimum Gasteiger partial charge on any atom is -0.493 e. The zero-order valence-electron chi connectivity index (χ0n) is 18.0. The first-order chi connectivity index (χ1) is 13.5. The molecule has 1 aliphatic heterocycles. The molecule has 0 aromatic heterocycles. The fourth-order valence-corrected chi connectivity index (χ4v) is 3.70. The van der Waals surface area contributed by atoms with Gasteiger partial charge in [-0.3, -0.25) is 0 Å². The Kier molecular flexibility index (Phi) is 10.1. The lowest BCUT2D eigenvalue weighted by atomic mass is 10.00. The van der Waals surface area contributed by atoms with Crippen LogP contribution in [0, 0.1) is 5.92 Å². The van der Waals surface area contributed by atoms with Gasteiger partial charge in [-0.15, -0.1) is 0 Å². The van der Waals surface area contributed by atoms with E-state index in [1.54, 1.807) is 7.11 Å². The minimum atomic E-state index is -0.524. The smallest absolute Gasteiger partial charge is 0.161 e. The van der Waals surface area contributed by atoms with E-state index in [1.807, 2.05) is 12.1 Å². The second-order valence-electron chi connectivity index (χ2n) is 7.69. The summed E-state index contributed by atoms with van der Waals surface area (Å²) in [5, 5.41) is 10.3. The van der Waals surface area contributed by atoms with E-state index in [1.165, 1.54) is 5.56 Å². The third-order valence-electron chi connectivity index (χ3n) is 5.39. The predicted molar refractivity (Wildman–Crippen MR) is 112 cm³/mol. The molecule has 28 heavy (non-hydrogen) atoms. The van der Waals surface area contributed by atoms with Gasteiger partial charge in [0, 0.05) is 32.8 Å². The molecule has 0 saturated carbocycles. The second kappa shape index (κ2) is 12.3. The Labute approximate surface area is 170 Å². The van der Waals surface area contributed by atoms with E-state index < -0.39 is 6.10 Å². The molecule has 1 atom stereocenters. The zero-order valence-corrected chi connectivity index (χ0v) is 18.0. The Morgan fingerprint density at radius 2 is 1.89 bits per heavy atom. The van der Waals surface area contributed by atoms with Crippen LogP contribution in [0.3, 0.4) is 0 Å². The van der Waals surface area contributed by atoms with Gasteiger partial charge in [0.05, 0.1) is 7.11 Å². The third-order valence-corrected chi connectivity index (χ3v) is 5.39. The van der Waals surface area contributed by atoms with Crippen LogP contribution in [0.25, 0.3) is 0 Å². The molecule has 1 N–H and O–H groups in total. The maximum atomic E-state index is 10.3. The van der Waals surface area contributed by atoms with Crippen molar-refractivity contribution in [2.75, 3.05) is 60.2 Å². The van der Waals surface area contributed by atoms with Crippen LogP contribution in [-0.2, 0) is 11.3 Å². The lowest BCUT2D eigenvalue weighted by Gasteiger charge is -2.27. The van der Waals surface area contributed by atoms with Crippen LogP contribution < -0.4 is 9.47 Å². The number of rotatable bonds is 12. The number of hydrogen-bond acceptors (Lipinski definition) is 6. The van der Waals surface area contributed by atoms with Crippen molar-refractivity contribution in [2.45, 2.75) is 39.3 Å². The van der Waals surface area contributed by atoms with Gasteiger partial charge in [0.25, 0.3) is 0 Å².